The third kappa shape index (κ3) is 3.74. The fourth-order valence-corrected chi connectivity index (χ4v) is 3.53. The van der Waals surface area contributed by atoms with Gasteiger partial charge in [-0.05, 0) is 43.3 Å². The molecule has 0 saturated carbocycles. The zero-order valence-corrected chi connectivity index (χ0v) is 16.3. The second-order valence-electron chi connectivity index (χ2n) is 5.82. The molecule has 1 aromatic carbocycles. The molecule has 0 fully saturated rings. The number of benzene rings is 1. The molecule has 0 atom stereocenters. The summed E-state index contributed by atoms with van der Waals surface area (Å²) in [4.78, 5) is 8.52. The zero-order chi connectivity index (χ0) is 19.3. The molecule has 142 valence electrons. The van der Waals surface area contributed by atoms with Gasteiger partial charge >= 0.3 is 0 Å². The summed E-state index contributed by atoms with van der Waals surface area (Å²) in [6.07, 6.45) is 3.49. The van der Waals surface area contributed by atoms with Crippen molar-refractivity contribution in [1.29, 1.82) is 0 Å². The largest absolute Gasteiger partial charge is 0.497 e. The topological polar surface area (TPSA) is 91.8 Å². The molecule has 0 bridgehead atoms. The number of nitrogens with zero attached hydrogens (tertiary/aromatic N) is 6. The first kappa shape index (κ1) is 18.2. The molecule has 0 spiro atoms. The molecule has 3 aromatic heterocycles. The monoisotopic (exact) mass is 394 g/mol. The highest BCUT2D eigenvalue weighted by Gasteiger charge is 2.15. The number of thioether (sulfide) groups is 1. The van der Waals surface area contributed by atoms with E-state index in [4.69, 9.17) is 9.26 Å². The van der Waals surface area contributed by atoms with Crippen molar-refractivity contribution in [3.8, 4) is 28.5 Å². The van der Waals surface area contributed by atoms with Crippen molar-refractivity contribution < 1.29 is 9.26 Å². The fraction of sp³-hybridized carbons (Fsp3) is 0.211. The van der Waals surface area contributed by atoms with Crippen LogP contribution < -0.4 is 4.74 Å². The molecule has 0 aliphatic carbocycles. The van der Waals surface area contributed by atoms with Crippen LogP contribution in [0.25, 0.3) is 22.8 Å². The second-order valence-corrected chi connectivity index (χ2v) is 6.76. The maximum Gasteiger partial charge on any atom is 0.237 e. The summed E-state index contributed by atoms with van der Waals surface area (Å²) in [5.74, 6) is 3.20. The average Bonchev–Trinajstić information content (AvgIpc) is 3.39. The highest BCUT2D eigenvalue weighted by Crippen LogP contribution is 2.27. The van der Waals surface area contributed by atoms with Gasteiger partial charge in [-0.25, -0.2) is 0 Å². The van der Waals surface area contributed by atoms with Crippen molar-refractivity contribution in [2.24, 2.45) is 0 Å². The van der Waals surface area contributed by atoms with Gasteiger partial charge in [0.15, 0.2) is 11.0 Å². The van der Waals surface area contributed by atoms with Crippen LogP contribution in [-0.2, 0) is 12.3 Å². The lowest BCUT2D eigenvalue weighted by Gasteiger charge is -2.06. The predicted molar refractivity (Wildman–Crippen MR) is 105 cm³/mol. The number of aromatic nitrogens is 6. The van der Waals surface area contributed by atoms with Crippen molar-refractivity contribution in [2.45, 2.75) is 24.4 Å². The lowest BCUT2D eigenvalue weighted by atomic mass is 10.2. The molecule has 4 aromatic rings. The molecule has 0 aliphatic rings. The summed E-state index contributed by atoms with van der Waals surface area (Å²) < 4.78 is 12.6. The molecule has 8 nitrogen and oxygen atoms in total. The van der Waals surface area contributed by atoms with E-state index in [1.54, 1.807) is 19.5 Å². The third-order valence-corrected chi connectivity index (χ3v) is 5.06. The van der Waals surface area contributed by atoms with E-state index in [1.165, 1.54) is 11.8 Å². The molecule has 0 unspecified atom stereocenters. The molecule has 0 saturated heterocycles. The Bertz CT molecular complexity index is 1050. The van der Waals surface area contributed by atoms with Gasteiger partial charge in [0.25, 0.3) is 0 Å². The van der Waals surface area contributed by atoms with Crippen LogP contribution in [0.4, 0.5) is 0 Å². The Morgan fingerprint density at radius 3 is 2.54 bits per heavy atom. The van der Waals surface area contributed by atoms with Crippen LogP contribution in [0, 0.1) is 0 Å². The SMILES string of the molecule is CCn1c(SCc2nc(-c3ccc(OC)cc3)no2)nnc1-c1ccncc1. The standard InChI is InChI=1S/C19H18N6O2S/c1-3-25-18(14-8-10-20-11-9-14)22-23-19(25)28-12-16-21-17(24-27-16)13-4-6-15(26-2)7-5-13/h4-11H,3,12H2,1-2H3. The number of pyridine rings is 1. The Morgan fingerprint density at radius 1 is 1.04 bits per heavy atom. The summed E-state index contributed by atoms with van der Waals surface area (Å²) in [7, 11) is 1.63. The maximum atomic E-state index is 5.38. The van der Waals surface area contributed by atoms with Gasteiger partial charge in [0.2, 0.25) is 11.7 Å². The fourth-order valence-electron chi connectivity index (χ4n) is 2.69. The molecule has 28 heavy (non-hydrogen) atoms. The smallest absolute Gasteiger partial charge is 0.237 e. The van der Waals surface area contributed by atoms with Gasteiger partial charge < -0.3 is 13.8 Å². The average molecular weight is 394 g/mol. The number of methoxy groups -OCH3 is 1. The van der Waals surface area contributed by atoms with E-state index in [-0.39, 0.29) is 0 Å². The number of hydrogen-bond donors (Lipinski definition) is 0. The highest BCUT2D eigenvalue weighted by atomic mass is 32.2. The first-order valence-electron chi connectivity index (χ1n) is 8.72. The maximum absolute atomic E-state index is 5.38. The first-order chi connectivity index (χ1) is 13.8. The normalized spacial score (nSPS) is 10.9. The van der Waals surface area contributed by atoms with E-state index >= 15 is 0 Å². The quantitative estimate of drug-likeness (QED) is 0.438. The van der Waals surface area contributed by atoms with Crippen molar-refractivity contribution in [3.05, 3.63) is 54.7 Å². The van der Waals surface area contributed by atoms with Crippen LogP contribution in [0.15, 0.2) is 58.5 Å². The minimum Gasteiger partial charge on any atom is -0.497 e. The van der Waals surface area contributed by atoms with E-state index in [0.717, 1.165) is 34.4 Å². The van der Waals surface area contributed by atoms with Crippen molar-refractivity contribution in [2.75, 3.05) is 7.11 Å². The van der Waals surface area contributed by atoms with E-state index in [0.29, 0.717) is 17.5 Å². The van der Waals surface area contributed by atoms with E-state index in [2.05, 4.69) is 36.8 Å². The molecular formula is C19H18N6O2S. The molecular weight excluding hydrogens is 376 g/mol. The van der Waals surface area contributed by atoms with Crippen molar-refractivity contribution in [3.63, 3.8) is 0 Å². The lowest BCUT2D eigenvalue weighted by molar-refractivity contribution is 0.391. The van der Waals surface area contributed by atoms with Crippen LogP contribution in [-0.4, -0.2) is 37.0 Å². The molecule has 0 N–H and O–H groups in total. The summed E-state index contributed by atoms with van der Waals surface area (Å²) in [6.45, 7) is 2.82. The molecule has 0 amide bonds. The number of rotatable bonds is 7. The molecule has 0 radical (unpaired) electrons. The van der Waals surface area contributed by atoms with Gasteiger partial charge in [-0.3, -0.25) is 4.98 Å². The van der Waals surface area contributed by atoms with Gasteiger partial charge in [0, 0.05) is 30.1 Å². The first-order valence-corrected chi connectivity index (χ1v) is 9.70. The van der Waals surface area contributed by atoms with Crippen molar-refractivity contribution in [1.82, 2.24) is 29.9 Å². The van der Waals surface area contributed by atoms with Gasteiger partial charge in [0.1, 0.15) is 5.75 Å². The van der Waals surface area contributed by atoms with Crippen LogP contribution in [0.3, 0.4) is 0 Å². The van der Waals surface area contributed by atoms with E-state index in [1.807, 2.05) is 36.4 Å². The summed E-state index contributed by atoms with van der Waals surface area (Å²) >= 11 is 1.51. The molecule has 4 rings (SSSR count). The number of ether oxygens (including phenoxy) is 1. The third-order valence-electron chi connectivity index (χ3n) is 4.11. The summed E-state index contributed by atoms with van der Waals surface area (Å²) in [5.41, 5.74) is 1.85. The van der Waals surface area contributed by atoms with E-state index < -0.39 is 0 Å². The minimum atomic E-state index is 0.512. The van der Waals surface area contributed by atoms with Gasteiger partial charge in [-0.2, -0.15) is 4.98 Å². The van der Waals surface area contributed by atoms with Crippen LogP contribution >= 0.6 is 11.8 Å². The van der Waals surface area contributed by atoms with E-state index in [9.17, 15) is 0 Å². The summed E-state index contributed by atoms with van der Waals surface area (Å²) in [6, 6.07) is 11.4. The lowest BCUT2D eigenvalue weighted by Crippen LogP contribution is -2.00. The minimum absolute atomic E-state index is 0.512. The Labute approximate surface area is 166 Å². The van der Waals surface area contributed by atoms with Gasteiger partial charge in [0.05, 0.1) is 12.9 Å². The van der Waals surface area contributed by atoms with Gasteiger partial charge in [-0.1, -0.05) is 16.9 Å². The summed E-state index contributed by atoms with van der Waals surface area (Å²) in [5, 5.41) is 13.5. The number of hydrogen-bond acceptors (Lipinski definition) is 8. The molecule has 3 heterocycles. The van der Waals surface area contributed by atoms with Crippen LogP contribution in [0.5, 0.6) is 5.75 Å². The molecule has 0 aliphatic heterocycles. The highest BCUT2D eigenvalue weighted by molar-refractivity contribution is 7.98. The molecule has 9 heteroatoms. The van der Waals surface area contributed by atoms with Crippen molar-refractivity contribution >= 4 is 11.8 Å². The zero-order valence-electron chi connectivity index (χ0n) is 15.4. The Balaban J connectivity index is 1.48. The Morgan fingerprint density at radius 2 is 1.82 bits per heavy atom. The van der Waals surface area contributed by atoms with Crippen LogP contribution in [0.2, 0.25) is 0 Å². The Hall–Kier alpha value is -3.20. The van der Waals surface area contributed by atoms with Crippen LogP contribution in [0.1, 0.15) is 12.8 Å². The predicted octanol–water partition coefficient (Wildman–Crippen LogP) is 3.71. The second kappa shape index (κ2) is 8.22. The Kier molecular flexibility index (Phi) is 5.34. The van der Waals surface area contributed by atoms with Gasteiger partial charge in [-0.15, -0.1) is 10.2 Å².